The average molecular weight is 360 g/mol. The molecule has 1 atom stereocenters. The molecule has 128 valence electrons. The van der Waals surface area contributed by atoms with Crippen LogP contribution < -0.4 is 10.6 Å². The van der Waals surface area contributed by atoms with E-state index < -0.39 is 0 Å². The van der Waals surface area contributed by atoms with Gasteiger partial charge in [0.25, 0.3) is 0 Å². The number of likely N-dealkylation sites (tertiary alicyclic amines) is 1. The van der Waals surface area contributed by atoms with E-state index in [9.17, 15) is 9.90 Å². The Morgan fingerprint density at radius 3 is 2.87 bits per heavy atom. The Morgan fingerprint density at radius 2 is 2.13 bits per heavy atom. The first-order valence-corrected chi connectivity index (χ1v) is 8.66. The summed E-state index contributed by atoms with van der Waals surface area (Å²) in [5.74, 6) is 0. The van der Waals surface area contributed by atoms with E-state index >= 15 is 0 Å². The smallest absolute Gasteiger partial charge is 0.315 e. The number of amides is 2. The predicted octanol–water partition coefficient (Wildman–Crippen LogP) is 2.64. The van der Waals surface area contributed by atoms with E-state index in [1.54, 1.807) is 18.2 Å². The molecule has 23 heavy (non-hydrogen) atoms. The minimum Gasteiger partial charge on any atom is -0.395 e. The molecule has 1 aliphatic rings. The third-order valence-electron chi connectivity index (χ3n) is 4.10. The second-order valence-electron chi connectivity index (χ2n) is 5.71. The lowest BCUT2D eigenvalue weighted by atomic mass is 10.0. The Balaban J connectivity index is 1.68. The molecule has 0 aliphatic carbocycles. The molecule has 0 saturated carbocycles. The molecule has 2 rings (SSSR count). The number of urea groups is 1. The van der Waals surface area contributed by atoms with E-state index in [2.05, 4.69) is 15.5 Å². The van der Waals surface area contributed by atoms with Gasteiger partial charge in [-0.25, -0.2) is 4.79 Å². The van der Waals surface area contributed by atoms with Crippen LogP contribution in [0, 0.1) is 0 Å². The molecular formula is C16H23Cl2N3O2. The van der Waals surface area contributed by atoms with E-state index in [4.69, 9.17) is 23.2 Å². The number of benzene rings is 1. The van der Waals surface area contributed by atoms with Crippen molar-refractivity contribution in [2.45, 2.75) is 31.8 Å². The largest absolute Gasteiger partial charge is 0.395 e. The van der Waals surface area contributed by atoms with Crippen LogP contribution in [0.2, 0.25) is 10.0 Å². The van der Waals surface area contributed by atoms with Gasteiger partial charge in [0.1, 0.15) is 0 Å². The van der Waals surface area contributed by atoms with Crippen LogP contribution in [0.4, 0.5) is 4.79 Å². The fourth-order valence-corrected chi connectivity index (χ4v) is 3.25. The van der Waals surface area contributed by atoms with Crippen molar-refractivity contribution in [3.63, 3.8) is 0 Å². The van der Waals surface area contributed by atoms with Crippen LogP contribution in [0.15, 0.2) is 18.2 Å². The van der Waals surface area contributed by atoms with Crippen molar-refractivity contribution in [1.29, 1.82) is 0 Å². The quantitative estimate of drug-likeness (QED) is 0.731. The van der Waals surface area contributed by atoms with Crippen molar-refractivity contribution in [3.05, 3.63) is 33.8 Å². The van der Waals surface area contributed by atoms with E-state index in [-0.39, 0.29) is 18.7 Å². The summed E-state index contributed by atoms with van der Waals surface area (Å²) in [5, 5.41) is 16.1. The van der Waals surface area contributed by atoms with Crippen LogP contribution in [0.25, 0.3) is 0 Å². The third-order valence-corrected chi connectivity index (χ3v) is 4.69. The maximum absolute atomic E-state index is 11.8. The van der Waals surface area contributed by atoms with Gasteiger partial charge in [-0.2, -0.15) is 0 Å². The van der Waals surface area contributed by atoms with Crippen molar-refractivity contribution < 1.29 is 9.90 Å². The van der Waals surface area contributed by atoms with Gasteiger partial charge >= 0.3 is 6.03 Å². The molecule has 5 nitrogen and oxygen atoms in total. The van der Waals surface area contributed by atoms with Crippen molar-refractivity contribution >= 4 is 29.2 Å². The Bertz CT molecular complexity index is 528. The second-order valence-corrected chi connectivity index (χ2v) is 6.56. The monoisotopic (exact) mass is 359 g/mol. The highest BCUT2D eigenvalue weighted by molar-refractivity contribution is 6.35. The minimum atomic E-state index is -0.228. The normalized spacial score (nSPS) is 18.7. The highest BCUT2D eigenvalue weighted by Gasteiger charge is 2.20. The minimum absolute atomic E-state index is 0.182. The number of aliphatic hydroxyl groups is 1. The number of halogens is 2. The Kier molecular flexibility index (Phi) is 7.43. The number of aliphatic hydroxyl groups excluding tert-OH is 1. The molecule has 7 heteroatoms. The number of hydrogen-bond acceptors (Lipinski definition) is 3. The fourth-order valence-electron chi connectivity index (χ4n) is 2.78. The number of piperidine rings is 1. The van der Waals surface area contributed by atoms with E-state index in [0.717, 1.165) is 37.9 Å². The van der Waals surface area contributed by atoms with Crippen molar-refractivity contribution in [2.24, 2.45) is 0 Å². The van der Waals surface area contributed by atoms with E-state index in [0.29, 0.717) is 23.1 Å². The van der Waals surface area contributed by atoms with Gasteiger partial charge in [-0.1, -0.05) is 35.7 Å². The molecule has 3 N–H and O–H groups in total. The third kappa shape index (κ3) is 5.84. The molecule has 0 bridgehead atoms. The number of carbonyl (C=O) groups excluding carboxylic acids is 1. The summed E-state index contributed by atoms with van der Waals surface area (Å²) in [5.41, 5.74) is 0.822. The lowest BCUT2D eigenvalue weighted by Crippen LogP contribution is -2.46. The number of rotatable bonds is 6. The molecule has 0 spiro atoms. The summed E-state index contributed by atoms with van der Waals surface area (Å²) in [6.07, 6.45) is 3.34. The van der Waals surface area contributed by atoms with Crippen LogP contribution in [0.5, 0.6) is 0 Å². The lowest BCUT2D eigenvalue weighted by molar-refractivity contribution is 0.0915. The Morgan fingerprint density at radius 1 is 1.30 bits per heavy atom. The van der Waals surface area contributed by atoms with Crippen LogP contribution in [0.1, 0.15) is 24.8 Å². The van der Waals surface area contributed by atoms with Gasteiger partial charge in [0.15, 0.2) is 0 Å². The Hall–Kier alpha value is -1.01. The van der Waals surface area contributed by atoms with Gasteiger partial charge in [-0.3, -0.25) is 4.90 Å². The highest BCUT2D eigenvalue weighted by Crippen LogP contribution is 2.20. The highest BCUT2D eigenvalue weighted by atomic mass is 35.5. The van der Waals surface area contributed by atoms with E-state index in [1.165, 1.54) is 0 Å². The molecule has 1 aromatic rings. The fraction of sp³-hybridized carbons (Fsp3) is 0.562. The molecule has 1 aliphatic heterocycles. The van der Waals surface area contributed by atoms with E-state index in [1.807, 2.05) is 0 Å². The zero-order chi connectivity index (χ0) is 16.7. The zero-order valence-electron chi connectivity index (χ0n) is 13.0. The van der Waals surface area contributed by atoms with Gasteiger partial charge in [-0.15, -0.1) is 0 Å². The number of nitrogens with one attached hydrogen (secondary N) is 2. The van der Waals surface area contributed by atoms with Gasteiger partial charge in [-0.05, 0) is 37.1 Å². The molecular weight excluding hydrogens is 337 g/mol. The first-order valence-electron chi connectivity index (χ1n) is 7.90. The number of nitrogens with zero attached hydrogens (tertiary/aromatic N) is 1. The summed E-state index contributed by atoms with van der Waals surface area (Å²) in [6, 6.07) is 5.19. The van der Waals surface area contributed by atoms with Crippen molar-refractivity contribution in [1.82, 2.24) is 15.5 Å². The van der Waals surface area contributed by atoms with Crippen molar-refractivity contribution in [3.8, 4) is 0 Å². The van der Waals surface area contributed by atoms with Crippen LogP contribution in [-0.2, 0) is 6.54 Å². The molecule has 2 amide bonds. The van der Waals surface area contributed by atoms with Crippen LogP contribution in [-0.4, -0.2) is 48.3 Å². The summed E-state index contributed by atoms with van der Waals surface area (Å²) in [4.78, 5) is 14.1. The summed E-state index contributed by atoms with van der Waals surface area (Å²) >= 11 is 11.9. The molecule has 0 aromatic heterocycles. The summed E-state index contributed by atoms with van der Waals surface area (Å²) < 4.78 is 0. The molecule has 1 fully saturated rings. The molecule has 0 radical (unpaired) electrons. The SMILES string of the molecule is O=C(NCCN1CCCCC1CO)NCc1ccc(Cl)cc1Cl. The number of carbonyl (C=O) groups is 1. The molecule has 1 aromatic carbocycles. The summed E-state index contributed by atoms with van der Waals surface area (Å²) in [7, 11) is 0. The first kappa shape index (κ1) is 18.3. The molecule has 1 heterocycles. The van der Waals surface area contributed by atoms with Crippen LogP contribution in [0.3, 0.4) is 0 Å². The molecule has 1 saturated heterocycles. The zero-order valence-corrected chi connectivity index (χ0v) is 14.5. The first-order chi connectivity index (χ1) is 11.1. The van der Waals surface area contributed by atoms with Gasteiger partial charge in [0.05, 0.1) is 6.61 Å². The topological polar surface area (TPSA) is 64.6 Å². The maximum Gasteiger partial charge on any atom is 0.315 e. The maximum atomic E-state index is 11.8. The second kappa shape index (κ2) is 9.33. The lowest BCUT2D eigenvalue weighted by Gasteiger charge is -2.34. The van der Waals surface area contributed by atoms with Gasteiger partial charge in [0.2, 0.25) is 0 Å². The predicted molar refractivity (Wildman–Crippen MR) is 93.0 cm³/mol. The Labute approximate surface area is 146 Å². The van der Waals surface area contributed by atoms with Crippen molar-refractivity contribution in [2.75, 3.05) is 26.2 Å². The van der Waals surface area contributed by atoms with Gasteiger partial charge in [0, 0.05) is 35.7 Å². The van der Waals surface area contributed by atoms with Crippen LogP contribution >= 0.6 is 23.2 Å². The standard InChI is InChI=1S/C16H23Cl2N3O2/c17-13-5-4-12(15(18)9-13)10-20-16(23)19-6-8-21-7-2-1-3-14(21)11-22/h4-5,9,14,22H,1-3,6-8,10-11H2,(H2,19,20,23). The molecule has 1 unspecified atom stereocenters. The summed E-state index contributed by atoms with van der Waals surface area (Å²) in [6.45, 7) is 2.82. The average Bonchev–Trinajstić information content (AvgIpc) is 2.54. The van der Waals surface area contributed by atoms with Gasteiger partial charge < -0.3 is 15.7 Å². The number of hydrogen-bond donors (Lipinski definition) is 3.